The van der Waals surface area contributed by atoms with E-state index in [2.05, 4.69) is 25.8 Å². The quantitative estimate of drug-likeness (QED) is 0.900. The fourth-order valence-corrected chi connectivity index (χ4v) is 2.91. The van der Waals surface area contributed by atoms with Gasteiger partial charge in [0.15, 0.2) is 0 Å². The molecule has 0 spiro atoms. The molecule has 1 aromatic rings. The van der Waals surface area contributed by atoms with Crippen LogP contribution in [0.2, 0.25) is 0 Å². The van der Waals surface area contributed by atoms with E-state index in [1.54, 1.807) is 25.2 Å². The molecule has 1 aliphatic rings. The number of rotatable bonds is 2. The first kappa shape index (κ1) is 14.1. The Labute approximate surface area is 121 Å². The number of hydrogen-bond donors (Lipinski definition) is 1. The lowest BCUT2D eigenvalue weighted by Crippen LogP contribution is -2.43. The minimum absolute atomic E-state index is 0.123. The molecule has 1 unspecified atom stereocenters. The Morgan fingerprint density at radius 1 is 1.58 bits per heavy atom. The number of nitrogens with two attached hydrogens (primary N) is 1. The van der Waals surface area contributed by atoms with E-state index in [0.29, 0.717) is 5.69 Å². The molecule has 1 amide bonds. The van der Waals surface area contributed by atoms with E-state index in [1.807, 2.05) is 6.92 Å². The van der Waals surface area contributed by atoms with Gasteiger partial charge in [0.2, 0.25) is 5.91 Å². The van der Waals surface area contributed by atoms with Crippen LogP contribution in [0, 0.1) is 6.92 Å². The predicted octanol–water partition coefficient (Wildman–Crippen LogP) is 1.79. The van der Waals surface area contributed by atoms with Crippen LogP contribution in [0.15, 0.2) is 10.7 Å². The first-order valence-corrected chi connectivity index (χ1v) is 7.11. The average Bonchev–Trinajstić information content (AvgIpc) is 2.84. The van der Waals surface area contributed by atoms with Crippen molar-refractivity contribution in [3.63, 3.8) is 0 Å². The molecular weight excluding hydrogens is 308 g/mol. The van der Waals surface area contributed by atoms with Crippen LogP contribution in [-0.2, 0) is 4.79 Å². The van der Waals surface area contributed by atoms with Crippen LogP contribution < -0.4 is 10.6 Å². The number of likely N-dealkylation sites (N-methyl/N-ethyl adjacent to an activating group) is 1. The second kappa shape index (κ2) is 5.36. The van der Waals surface area contributed by atoms with E-state index >= 15 is 0 Å². The molecule has 104 valence electrons. The molecule has 5 nitrogen and oxygen atoms in total. The van der Waals surface area contributed by atoms with Gasteiger partial charge >= 0.3 is 0 Å². The third kappa shape index (κ3) is 2.54. The molecular formula is C13H19BrN4O. The molecule has 0 aliphatic carbocycles. The summed E-state index contributed by atoms with van der Waals surface area (Å²) < 4.78 is 0.881. The first-order chi connectivity index (χ1) is 8.93. The van der Waals surface area contributed by atoms with Gasteiger partial charge in [0.25, 0.3) is 0 Å². The Balaban J connectivity index is 2.36. The number of hydrogen-bond acceptors (Lipinski definition) is 4. The van der Waals surface area contributed by atoms with Crippen molar-refractivity contribution < 1.29 is 4.79 Å². The second-order valence-corrected chi connectivity index (χ2v) is 5.85. The third-order valence-electron chi connectivity index (χ3n) is 3.54. The maximum Gasteiger partial charge on any atom is 0.244 e. The van der Waals surface area contributed by atoms with Crippen LogP contribution >= 0.6 is 15.9 Å². The maximum absolute atomic E-state index is 12.2. The Morgan fingerprint density at radius 2 is 2.26 bits per heavy atom. The molecule has 1 fully saturated rings. The highest BCUT2D eigenvalue weighted by molar-refractivity contribution is 9.10. The molecule has 1 atom stereocenters. The molecule has 0 radical (unpaired) electrons. The lowest BCUT2D eigenvalue weighted by molar-refractivity contribution is -0.129. The molecule has 6 heteroatoms. The highest BCUT2D eigenvalue weighted by Crippen LogP contribution is 2.34. The SMILES string of the molecule is Cc1c(N)cnc(N2CCCC2C(=O)N(C)C)c1Br. The van der Waals surface area contributed by atoms with Crippen molar-refractivity contribution in [3.05, 3.63) is 16.2 Å². The van der Waals surface area contributed by atoms with Crippen LogP contribution in [-0.4, -0.2) is 42.5 Å². The van der Waals surface area contributed by atoms with Crippen LogP contribution in [0.1, 0.15) is 18.4 Å². The number of carbonyl (C=O) groups is 1. The van der Waals surface area contributed by atoms with E-state index < -0.39 is 0 Å². The fourth-order valence-electron chi connectivity index (χ4n) is 2.35. The standard InChI is InChI=1S/C13H19BrN4O/c1-8-9(15)7-16-12(11(8)14)18-6-4-5-10(18)13(19)17(2)3/h7,10H,4-6,15H2,1-3H3. The Morgan fingerprint density at radius 3 is 2.89 bits per heavy atom. The van der Waals surface area contributed by atoms with Crippen molar-refractivity contribution in [3.8, 4) is 0 Å². The van der Waals surface area contributed by atoms with Gasteiger partial charge in [0.05, 0.1) is 16.4 Å². The van der Waals surface area contributed by atoms with E-state index in [4.69, 9.17) is 5.73 Å². The number of aromatic nitrogens is 1. The van der Waals surface area contributed by atoms with Gasteiger partial charge < -0.3 is 15.5 Å². The van der Waals surface area contributed by atoms with E-state index in [9.17, 15) is 4.79 Å². The monoisotopic (exact) mass is 326 g/mol. The Hall–Kier alpha value is -1.30. The zero-order chi connectivity index (χ0) is 14.2. The van der Waals surface area contributed by atoms with Crippen molar-refractivity contribution in [2.75, 3.05) is 31.3 Å². The Kier molecular flexibility index (Phi) is 3.99. The smallest absolute Gasteiger partial charge is 0.244 e. The highest BCUT2D eigenvalue weighted by Gasteiger charge is 2.33. The van der Waals surface area contributed by atoms with E-state index in [1.165, 1.54) is 0 Å². The minimum atomic E-state index is -0.123. The van der Waals surface area contributed by atoms with E-state index in [0.717, 1.165) is 35.2 Å². The number of anilines is 2. The largest absolute Gasteiger partial charge is 0.397 e. The van der Waals surface area contributed by atoms with Crippen molar-refractivity contribution in [1.29, 1.82) is 0 Å². The van der Waals surface area contributed by atoms with Gasteiger partial charge in [-0.3, -0.25) is 4.79 Å². The molecule has 1 aliphatic heterocycles. The van der Waals surface area contributed by atoms with Gasteiger partial charge in [0.1, 0.15) is 11.9 Å². The van der Waals surface area contributed by atoms with Crippen LogP contribution in [0.3, 0.4) is 0 Å². The summed E-state index contributed by atoms with van der Waals surface area (Å²) in [5.74, 6) is 0.935. The minimum Gasteiger partial charge on any atom is -0.397 e. The van der Waals surface area contributed by atoms with Crippen LogP contribution in [0.25, 0.3) is 0 Å². The van der Waals surface area contributed by atoms with Gasteiger partial charge in [-0.2, -0.15) is 0 Å². The highest BCUT2D eigenvalue weighted by atomic mass is 79.9. The number of nitrogen functional groups attached to an aromatic ring is 1. The van der Waals surface area contributed by atoms with Crippen molar-refractivity contribution >= 4 is 33.3 Å². The number of carbonyl (C=O) groups excluding carboxylic acids is 1. The zero-order valence-corrected chi connectivity index (χ0v) is 13.1. The number of amides is 1. The van der Waals surface area contributed by atoms with E-state index in [-0.39, 0.29) is 11.9 Å². The number of nitrogens with zero attached hydrogens (tertiary/aromatic N) is 3. The topological polar surface area (TPSA) is 62.5 Å². The summed E-state index contributed by atoms with van der Waals surface area (Å²) in [4.78, 5) is 20.3. The lowest BCUT2D eigenvalue weighted by atomic mass is 10.2. The maximum atomic E-state index is 12.2. The average molecular weight is 327 g/mol. The molecule has 19 heavy (non-hydrogen) atoms. The van der Waals surface area contributed by atoms with Crippen molar-refractivity contribution in [1.82, 2.24) is 9.88 Å². The summed E-state index contributed by atoms with van der Waals surface area (Å²) in [5, 5.41) is 0. The molecule has 1 saturated heterocycles. The summed E-state index contributed by atoms with van der Waals surface area (Å²) in [5.41, 5.74) is 7.47. The van der Waals surface area contributed by atoms with Crippen molar-refractivity contribution in [2.45, 2.75) is 25.8 Å². The molecule has 0 aromatic carbocycles. The summed E-state index contributed by atoms with van der Waals surface area (Å²) in [6.45, 7) is 2.79. The summed E-state index contributed by atoms with van der Waals surface area (Å²) in [6, 6.07) is -0.123. The molecule has 1 aromatic heterocycles. The molecule has 0 saturated carbocycles. The van der Waals surface area contributed by atoms with Gasteiger partial charge in [0, 0.05) is 20.6 Å². The normalized spacial score (nSPS) is 18.7. The summed E-state index contributed by atoms with van der Waals surface area (Å²) >= 11 is 3.55. The molecule has 2 rings (SSSR count). The predicted molar refractivity (Wildman–Crippen MR) is 80.1 cm³/mol. The fraction of sp³-hybridized carbons (Fsp3) is 0.538. The third-order valence-corrected chi connectivity index (χ3v) is 4.48. The van der Waals surface area contributed by atoms with Gasteiger partial charge in [-0.1, -0.05) is 0 Å². The number of halogens is 1. The van der Waals surface area contributed by atoms with Crippen molar-refractivity contribution in [2.24, 2.45) is 0 Å². The zero-order valence-electron chi connectivity index (χ0n) is 11.5. The number of pyridine rings is 1. The second-order valence-electron chi connectivity index (χ2n) is 5.06. The van der Waals surface area contributed by atoms with Crippen LogP contribution in [0.4, 0.5) is 11.5 Å². The first-order valence-electron chi connectivity index (χ1n) is 6.32. The summed E-state index contributed by atoms with van der Waals surface area (Å²) in [6.07, 6.45) is 3.53. The molecule has 2 heterocycles. The van der Waals surface area contributed by atoms with Gasteiger partial charge in [-0.25, -0.2) is 4.98 Å². The molecule has 0 bridgehead atoms. The van der Waals surface area contributed by atoms with Gasteiger partial charge in [-0.05, 0) is 41.3 Å². The summed E-state index contributed by atoms with van der Waals surface area (Å²) in [7, 11) is 3.57. The van der Waals surface area contributed by atoms with Gasteiger partial charge in [-0.15, -0.1) is 0 Å². The Bertz CT molecular complexity index is 504. The van der Waals surface area contributed by atoms with Crippen LogP contribution in [0.5, 0.6) is 0 Å². The lowest BCUT2D eigenvalue weighted by Gasteiger charge is -2.28. The molecule has 2 N–H and O–H groups in total.